The van der Waals surface area contributed by atoms with Crippen LogP contribution in [0.4, 0.5) is 11.5 Å². The second kappa shape index (κ2) is 9.78. The standard InChI is InChI=1S/C28H28N6OS/c1-19-4-2-3-5-23(19)24-10-11-26(32-31-24)33-14-12-21(13-15-33)27(35)29-22-8-6-20(7-9-22)25-18-34-16-17-36-28(34)30-25/h2-11,18,21H,12-17H2,1H3,(H,29,35). The fourth-order valence-electron chi connectivity index (χ4n) is 4.89. The summed E-state index contributed by atoms with van der Waals surface area (Å²) in [6.07, 6.45) is 3.70. The van der Waals surface area contributed by atoms with Crippen molar-refractivity contribution in [2.75, 3.05) is 29.1 Å². The first-order chi connectivity index (χ1) is 17.6. The summed E-state index contributed by atoms with van der Waals surface area (Å²) in [5.41, 5.74) is 6.05. The molecule has 0 saturated carbocycles. The molecule has 0 radical (unpaired) electrons. The van der Waals surface area contributed by atoms with Crippen LogP contribution in [0, 0.1) is 12.8 Å². The Morgan fingerprint density at radius 3 is 2.47 bits per heavy atom. The first-order valence-corrected chi connectivity index (χ1v) is 13.4. The molecule has 2 aliphatic rings. The molecule has 7 nitrogen and oxygen atoms in total. The minimum absolute atomic E-state index is 0.00623. The SMILES string of the molecule is Cc1ccccc1-c1ccc(N2CCC(C(=O)Nc3ccc(-c4cn5c(n4)SCC5)cc3)CC2)nn1. The van der Waals surface area contributed by atoms with Gasteiger partial charge in [0.15, 0.2) is 11.0 Å². The van der Waals surface area contributed by atoms with Gasteiger partial charge < -0.3 is 14.8 Å². The molecule has 2 aromatic carbocycles. The highest BCUT2D eigenvalue weighted by molar-refractivity contribution is 7.99. The Balaban J connectivity index is 1.03. The van der Waals surface area contributed by atoms with Gasteiger partial charge in [-0.15, -0.1) is 10.2 Å². The lowest BCUT2D eigenvalue weighted by molar-refractivity contribution is -0.120. The van der Waals surface area contributed by atoms with Crippen LogP contribution in [-0.4, -0.2) is 44.5 Å². The van der Waals surface area contributed by atoms with Crippen LogP contribution in [0.3, 0.4) is 0 Å². The Labute approximate surface area is 215 Å². The number of carbonyl (C=O) groups excluding carboxylic acids is 1. The summed E-state index contributed by atoms with van der Waals surface area (Å²) in [6, 6.07) is 20.2. The number of aromatic nitrogens is 4. The number of carbonyl (C=O) groups is 1. The average Bonchev–Trinajstić information content (AvgIpc) is 3.53. The van der Waals surface area contributed by atoms with E-state index < -0.39 is 0 Å². The van der Waals surface area contributed by atoms with Crippen LogP contribution in [0.25, 0.3) is 22.5 Å². The highest BCUT2D eigenvalue weighted by Gasteiger charge is 2.26. The second-order valence-corrected chi connectivity index (χ2v) is 10.4. The molecule has 2 aromatic heterocycles. The zero-order valence-corrected chi connectivity index (χ0v) is 21.0. The molecule has 0 unspecified atom stereocenters. The molecule has 1 amide bonds. The van der Waals surface area contributed by atoms with E-state index in [9.17, 15) is 4.79 Å². The summed E-state index contributed by atoms with van der Waals surface area (Å²) >= 11 is 1.79. The van der Waals surface area contributed by atoms with E-state index in [1.54, 1.807) is 11.8 Å². The quantitative estimate of drug-likeness (QED) is 0.405. The maximum atomic E-state index is 12.9. The number of nitrogens with one attached hydrogen (secondary N) is 1. The number of piperidine rings is 1. The highest BCUT2D eigenvalue weighted by Crippen LogP contribution is 2.30. The number of benzene rings is 2. The average molecular weight is 497 g/mol. The summed E-state index contributed by atoms with van der Waals surface area (Å²) in [7, 11) is 0. The molecule has 6 rings (SSSR count). The fourth-order valence-corrected chi connectivity index (χ4v) is 5.83. The summed E-state index contributed by atoms with van der Waals surface area (Å²) < 4.78 is 2.20. The molecule has 0 spiro atoms. The van der Waals surface area contributed by atoms with Crippen molar-refractivity contribution in [3.8, 4) is 22.5 Å². The van der Waals surface area contributed by atoms with E-state index in [1.807, 2.05) is 48.5 Å². The van der Waals surface area contributed by atoms with Crippen LogP contribution < -0.4 is 10.2 Å². The summed E-state index contributed by atoms with van der Waals surface area (Å²) in [4.78, 5) is 19.8. The van der Waals surface area contributed by atoms with Crippen LogP contribution in [-0.2, 0) is 11.3 Å². The maximum absolute atomic E-state index is 12.9. The molecule has 8 heteroatoms. The Morgan fingerprint density at radius 2 is 1.75 bits per heavy atom. The molecule has 0 atom stereocenters. The Morgan fingerprint density at radius 1 is 0.944 bits per heavy atom. The second-order valence-electron chi connectivity index (χ2n) is 9.37. The molecule has 1 N–H and O–H groups in total. The molecule has 36 heavy (non-hydrogen) atoms. The van der Waals surface area contributed by atoms with E-state index in [4.69, 9.17) is 4.98 Å². The normalized spacial score (nSPS) is 15.6. The van der Waals surface area contributed by atoms with Crippen LogP contribution >= 0.6 is 11.8 Å². The number of thioether (sulfide) groups is 1. The Bertz CT molecular complexity index is 1350. The third kappa shape index (κ3) is 4.60. The van der Waals surface area contributed by atoms with E-state index in [-0.39, 0.29) is 11.8 Å². The first-order valence-electron chi connectivity index (χ1n) is 12.4. The largest absolute Gasteiger partial charge is 0.355 e. The van der Waals surface area contributed by atoms with Crippen molar-refractivity contribution in [1.82, 2.24) is 19.7 Å². The number of nitrogens with zero attached hydrogens (tertiary/aromatic N) is 5. The molecule has 0 bridgehead atoms. The smallest absolute Gasteiger partial charge is 0.227 e. The number of fused-ring (bicyclic) bond motifs is 1. The van der Waals surface area contributed by atoms with Crippen LogP contribution in [0.1, 0.15) is 18.4 Å². The van der Waals surface area contributed by atoms with Gasteiger partial charge >= 0.3 is 0 Å². The van der Waals surface area contributed by atoms with Crippen LogP contribution in [0.15, 0.2) is 72.0 Å². The Kier molecular flexibility index (Phi) is 6.19. The fraction of sp³-hybridized carbons (Fsp3) is 0.286. The zero-order chi connectivity index (χ0) is 24.5. The van der Waals surface area contributed by atoms with Gasteiger partial charge in [-0.25, -0.2) is 4.98 Å². The van der Waals surface area contributed by atoms with Crippen molar-refractivity contribution >= 4 is 29.2 Å². The van der Waals surface area contributed by atoms with E-state index >= 15 is 0 Å². The minimum atomic E-state index is -0.00623. The van der Waals surface area contributed by atoms with Crippen molar-refractivity contribution in [2.24, 2.45) is 5.92 Å². The van der Waals surface area contributed by atoms with Crippen molar-refractivity contribution in [2.45, 2.75) is 31.5 Å². The van der Waals surface area contributed by atoms with E-state index in [0.717, 1.165) is 77.4 Å². The number of imidazole rings is 1. The first kappa shape index (κ1) is 22.8. The van der Waals surface area contributed by atoms with Crippen molar-refractivity contribution in [3.05, 3.63) is 72.4 Å². The summed E-state index contributed by atoms with van der Waals surface area (Å²) in [6.45, 7) is 4.68. The van der Waals surface area contributed by atoms with Gasteiger partial charge in [0.05, 0.1) is 11.4 Å². The van der Waals surface area contributed by atoms with E-state index in [0.29, 0.717) is 0 Å². The van der Waals surface area contributed by atoms with Gasteiger partial charge in [0.2, 0.25) is 5.91 Å². The molecule has 182 valence electrons. The van der Waals surface area contributed by atoms with Crippen molar-refractivity contribution < 1.29 is 4.79 Å². The van der Waals surface area contributed by atoms with Crippen molar-refractivity contribution in [1.29, 1.82) is 0 Å². The topological polar surface area (TPSA) is 75.9 Å². The molecule has 4 aromatic rings. The predicted molar refractivity (Wildman–Crippen MR) is 144 cm³/mol. The maximum Gasteiger partial charge on any atom is 0.227 e. The number of anilines is 2. The lowest BCUT2D eigenvalue weighted by atomic mass is 9.95. The zero-order valence-electron chi connectivity index (χ0n) is 20.2. The van der Waals surface area contributed by atoms with Gasteiger partial charge in [-0.05, 0) is 49.6 Å². The van der Waals surface area contributed by atoms with Crippen LogP contribution in [0.2, 0.25) is 0 Å². The predicted octanol–water partition coefficient (Wildman–Crippen LogP) is 5.28. The molecule has 1 saturated heterocycles. The van der Waals surface area contributed by atoms with Gasteiger partial charge in [0.25, 0.3) is 0 Å². The summed E-state index contributed by atoms with van der Waals surface area (Å²) in [5.74, 6) is 2.04. The van der Waals surface area contributed by atoms with Gasteiger partial charge in [-0.2, -0.15) is 0 Å². The molecular weight excluding hydrogens is 468 g/mol. The molecule has 2 aliphatic heterocycles. The molecule has 1 fully saturated rings. The minimum Gasteiger partial charge on any atom is -0.355 e. The van der Waals surface area contributed by atoms with Gasteiger partial charge in [-0.1, -0.05) is 48.2 Å². The number of rotatable bonds is 5. The van der Waals surface area contributed by atoms with Crippen molar-refractivity contribution in [3.63, 3.8) is 0 Å². The number of amides is 1. The van der Waals surface area contributed by atoms with Crippen LogP contribution in [0.5, 0.6) is 0 Å². The van der Waals surface area contributed by atoms with E-state index in [1.165, 1.54) is 5.56 Å². The monoisotopic (exact) mass is 496 g/mol. The highest BCUT2D eigenvalue weighted by atomic mass is 32.2. The molecular formula is C28H28N6OS. The van der Waals surface area contributed by atoms with Gasteiger partial charge in [-0.3, -0.25) is 4.79 Å². The van der Waals surface area contributed by atoms with E-state index in [2.05, 4.69) is 50.2 Å². The van der Waals surface area contributed by atoms with Gasteiger partial charge in [0.1, 0.15) is 0 Å². The Hall–Kier alpha value is -3.65. The molecule has 4 heterocycles. The number of hydrogen-bond donors (Lipinski definition) is 1. The number of hydrogen-bond acceptors (Lipinski definition) is 6. The lowest BCUT2D eigenvalue weighted by Crippen LogP contribution is -2.38. The molecule has 0 aliphatic carbocycles. The van der Waals surface area contributed by atoms with Gasteiger partial charge in [0, 0.05) is 54.3 Å². The number of aryl methyl sites for hydroxylation is 2. The lowest BCUT2D eigenvalue weighted by Gasteiger charge is -2.31. The summed E-state index contributed by atoms with van der Waals surface area (Å²) in [5, 5.41) is 13.1. The third-order valence-corrected chi connectivity index (χ3v) is 7.98. The third-order valence-electron chi connectivity index (χ3n) is 7.01.